The number of halogens is 2. The first-order valence-electron chi connectivity index (χ1n) is 12.5. The molecule has 0 saturated heterocycles. The molecule has 4 rings (SSSR count). The third kappa shape index (κ3) is 7.39. The van der Waals surface area contributed by atoms with Crippen molar-refractivity contribution in [2.75, 3.05) is 13.2 Å². The van der Waals surface area contributed by atoms with Crippen molar-refractivity contribution in [2.24, 2.45) is 5.10 Å². The van der Waals surface area contributed by atoms with Crippen LogP contribution in [-0.2, 0) is 11.4 Å². The molecule has 0 aliphatic rings. The molecule has 4 aromatic rings. The number of hydrogen-bond acceptors (Lipinski definition) is 7. The molecule has 0 radical (unpaired) electrons. The van der Waals surface area contributed by atoms with E-state index in [2.05, 4.69) is 72.9 Å². The van der Waals surface area contributed by atoms with E-state index in [1.807, 2.05) is 24.3 Å². The third-order valence-electron chi connectivity index (χ3n) is 5.80. The van der Waals surface area contributed by atoms with Gasteiger partial charge in [-0.2, -0.15) is 5.10 Å². The van der Waals surface area contributed by atoms with Crippen LogP contribution in [-0.4, -0.2) is 41.0 Å². The van der Waals surface area contributed by atoms with Crippen molar-refractivity contribution < 1.29 is 33.3 Å². The van der Waals surface area contributed by atoms with E-state index in [1.165, 1.54) is 6.21 Å². The van der Waals surface area contributed by atoms with Gasteiger partial charge in [0.05, 0.1) is 17.3 Å². The van der Waals surface area contributed by atoms with Crippen molar-refractivity contribution in [3.63, 3.8) is 0 Å². The molecular weight excluding hydrogens is 662 g/mol. The largest absolute Gasteiger partial charge is 0.490 e. The molecule has 2 aromatic heterocycles. The number of benzene rings is 2. The molecule has 41 heavy (non-hydrogen) atoms. The maximum atomic E-state index is 12.6. The van der Waals surface area contributed by atoms with E-state index < -0.39 is 18.5 Å². The number of carbonyl (C=O) groups excluding carboxylic acids is 1. The van der Waals surface area contributed by atoms with Crippen LogP contribution in [0.3, 0.4) is 0 Å². The van der Waals surface area contributed by atoms with Gasteiger partial charge in [-0.1, -0.05) is 0 Å². The fourth-order valence-corrected chi connectivity index (χ4v) is 4.88. The van der Waals surface area contributed by atoms with Gasteiger partial charge in [0.15, 0.2) is 23.9 Å². The molecule has 0 atom stereocenters. The Kier molecular flexibility index (Phi) is 9.90. The number of rotatable bonds is 12. The lowest BCUT2D eigenvalue weighted by Gasteiger charge is -2.15. The Morgan fingerprint density at radius 2 is 1.71 bits per heavy atom. The SMILES string of the molecule is CCOc1cc(/C=N/NC(=O)c2ccc(COc3ccc(-n4c(C)ccc4C)cc3)o2)c(Br)c(Br)c1OCC(=O)O. The van der Waals surface area contributed by atoms with Crippen LogP contribution in [0.15, 0.2) is 73.1 Å². The Hall–Kier alpha value is -4.03. The summed E-state index contributed by atoms with van der Waals surface area (Å²) in [7, 11) is 0. The standard InChI is InChI=1S/C29H27Br2N3O7/c1-4-38-24-13-19(26(30)27(31)28(24)40-16-25(35)36)14-32-33-29(37)23-12-11-22(41-23)15-39-21-9-7-20(8-10-21)34-17(2)5-6-18(34)3/h5-14H,4,15-16H2,1-3H3,(H,33,37)(H,35,36)/b32-14+. The first-order valence-corrected chi connectivity index (χ1v) is 14.1. The molecule has 0 aliphatic heterocycles. The number of carboxylic acids is 1. The molecule has 2 heterocycles. The fourth-order valence-electron chi connectivity index (χ4n) is 3.94. The minimum Gasteiger partial charge on any atom is -0.490 e. The van der Waals surface area contributed by atoms with E-state index >= 15 is 0 Å². The molecule has 0 unspecified atom stereocenters. The van der Waals surface area contributed by atoms with Crippen LogP contribution >= 0.6 is 31.9 Å². The number of carboxylic acid groups (broad SMARTS) is 1. The summed E-state index contributed by atoms with van der Waals surface area (Å²) in [4.78, 5) is 23.5. The first kappa shape index (κ1) is 29.9. The van der Waals surface area contributed by atoms with E-state index in [1.54, 1.807) is 25.1 Å². The monoisotopic (exact) mass is 687 g/mol. The molecule has 0 spiro atoms. The second-order valence-corrected chi connectivity index (χ2v) is 10.3. The molecule has 0 fully saturated rings. The van der Waals surface area contributed by atoms with Crippen LogP contribution < -0.4 is 19.6 Å². The van der Waals surface area contributed by atoms with Gasteiger partial charge in [-0.15, -0.1) is 0 Å². The topological polar surface area (TPSA) is 125 Å². The molecular formula is C29H27Br2N3O7. The number of aliphatic carboxylic acids is 1. The second kappa shape index (κ2) is 13.6. The third-order valence-corrected chi connectivity index (χ3v) is 7.94. The average molecular weight is 689 g/mol. The molecule has 1 amide bonds. The minimum atomic E-state index is -1.12. The lowest BCUT2D eigenvalue weighted by Crippen LogP contribution is -2.17. The van der Waals surface area contributed by atoms with Crippen LogP contribution in [0.25, 0.3) is 5.69 Å². The highest BCUT2D eigenvalue weighted by Crippen LogP contribution is 2.42. The highest BCUT2D eigenvalue weighted by atomic mass is 79.9. The van der Waals surface area contributed by atoms with E-state index in [9.17, 15) is 9.59 Å². The number of carbonyl (C=O) groups is 2. The van der Waals surface area contributed by atoms with E-state index in [4.69, 9.17) is 23.7 Å². The summed E-state index contributed by atoms with van der Waals surface area (Å²) in [5.74, 6) is 0.102. The predicted molar refractivity (Wildman–Crippen MR) is 159 cm³/mol. The summed E-state index contributed by atoms with van der Waals surface area (Å²) in [6.45, 7) is 5.84. The van der Waals surface area contributed by atoms with Crippen LogP contribution in [0.1, 0.15) is 40.2 Å². The summed E-state index contributed by atoms with van der Waals surface area (Å²) in [5.41, 5.74) is 6.32. The van der Waals surface area contributed by atoms with Crippen molar-refractivity contribution in [3.05, 3.63) is 92.0 Å². The van der Waals surface area contributed by atoms with Crippen LogP contribution in [0.4, 0.5) is 0 Å². The highest BCUT2D eigenvalue weighted by molar-refractivity contribution is 9.13. The number of hydrazone groups is 1. The summed E-state index contributed by atoms with van der Waals surface area (Å²) in [6.07, 6.45) is 1.41. The number of ether oxygens (including phenoxy) is 3. The Balaban J connectivity index is 1.36. The van der Waals surface area contributed by atoms with Crippen LogP contribution in [0, 0.1) is 13.8 Å². The van der Waals surface area contributed by atoms with Crippen LogP contribution in [0.5, 0.6) is 17.2 Å². The summed E-state index contributed by atoms with van der Waals surface area (Å²) in [5, 5.41) is 13.0. The second-order valence-electron chi connectivity index (χ2n) is 8.74. The average Bonchev–Trinajstić information content (AvgIpc) is 3.56. The van der Waals surface area contributed by atoms with Crippen molar-refractivity contribution >= 4 is 50.0 Å². The van der Waals surface area contributed by atoms with Crippen molar-refractivity contribution in [1.29, 1.82) is 0 Å². The zero-order valence-corrected chi connectivity index (χ0v) is 25.6. The Labute approximate surface area is 253 Å². The number of hydrogen-bond donors (Lipinski definition) is 2. The van der Waals surface area contributed by atoms with Gasteiger partial charge < -0.3 is 28.3 Å². The predicted octanol–water partition coefficient (Wildman–Crippen LogP) is 6.42. The summed E-state index contributed by atoms with van der Waals surface area (Å²) >= 11 is 6.82. The number of nitrogens with zero attached hydrogens (tertiary/aromatic N) is 2. The van der Waals surface area contributed by atoms with Gasteiger partial charge in [0.25, 0.3) is 0 Å². The Morgan fingerprint density at radius 3 is 2.37 bits per heavy atom. The molecule has 0 aliphatic carbocycles. The highest BCUT2D eigenvalue weighted by Gasteiger charge is 2.18. The van der Waals surface area contributed by atoms with Gasteiger partial charge >= 0.3 is 11.9 Å². The smallest absolute Gasteiger partial charge is 0.341 e. The molecule has 214 valence electrons. The number of aromatic nitrogens is 1. The lowest BCUT2D eigenvalue weighted by atomic mass is 10.2. The van der Waals surface area contributed by atoms with Gasteiger partial charge in [-0.05, 0) is 107 Å². The summed E-state index contributed by atoms with van der Waals surface area (Å²) in [6, 6.07) is 16.7. The van der Waals surface area contributed by atoms with E-state index in [-0.39, 0.29) is 18.1 Å². The van der Waals surface area contributed by atoms with Crippen molar-refractivity contribution in [3.8, 4) is 22.9 Å². The molecule has 2 aromatic carbocycles. The molecule has 2 N–H and O–H groups in total. The van der Waals surface area contributed by atoms with Crippen LogP contribution in [0.2, 0.25) is 0 Å². The zero-order valence-electron chi connectivity index (χ0n) is 22.4. The van der Waals surface area contributed by atoms with Crippen molar-refractivity contribution in [1.82, 2.24) is 9.99 Å². The Bertz CT molecular complexity index is 1560. The minimum absolute atomic E-state index is 0.0716. The maximum absolute atomic E-state index is 12.6. The van der Waals surface area contributed by atoms with Gasteiger partial charge in [0, 0.05) is 27.1 Å². The fraction of sp³-hybridized carbons (Fsp3) is 0.207. The van der Waals surface area contributed by atoms with E-state index in [0.717, 1.165) is 17.1 Å². The molecule has 12 heteroatoms. The normalized spacial score (nSPS) is 11.0. The summed E-state index contributed by atoms with van der Waals surface area (Å²) < 4.78 is 25.5. The van der Waals surface area contributed by atoms with E-state index in [0.29, 0.717) is 38.4 Å². The molecule has 10 nitrogen and oxygen atoms in total. The lowest BCUT2D eigenvalue weighted by molar-refractivity contribution is -0.139. The molecule has 0 bridgehead atoms. The first-order chi connectivity index (χ1) is 19.7. The quantitative estimate of drug-likeness (QED) is 0.130. The van der Waals surface area contributed by atoms with Gasteiger partial charge in [-0.3, -0.25) is 4.79 Å². The number of furan rings is 1. The maximum Gasteiger partial charge on any atom is 0.341 e. The molecule has 0 saturated carbocycles. The van der Waals surface area contributed by atoms with Crippen molar-refractivity contribution in [2.45, 2.75) is 27.4 Å². The number of aryl methyl sites for hydroxylation is 2. The Morgan fingerprint density at radius 1 is 1.00 bits per heavy atom. The number of nitrogens with one attached hydrogen (secondary N) is 1. The van der Waals surface area contributed by atoms with Gasteiger partial charge in [0.1, 0.15) is 18.1 Å². The zero-order chi connectivity index (χ0) is 29.5. The van der Waals surface area contributed by atoms with Gasteiger partial charge in [0.2, 0.25) is 0 Å². The van der Waals surface area contributed by atoms with Gasteiger partial charge in [-0.25, -0.2) is 10.2 Å². The number of amides is 1.